The van der Waals surface area contributed by atoms with Gasteiger partial charge in [-0.25, -0.2) is 4.98 Å². The highest BCUT2D eigenvalue weighted by molar-refractivity contribution is 9.10. The first kappa shape index (κ1) is 11.4. The summed E-state index contributed by atoms with van der Waals surface area (Å²) in [5.41, 5.74) is 3.43. The van der Waals surface area contributed by atoms with Crippen molar-refractivity contribution in [3.63, 3.8) is 0 Å². The summed E-state index contributed by atoms with van der Waals surface area (Å²) in [6.07, 6.45) is 0.939. The fourth-order valence-electron chi connectivity index (χ4n) is 2.00. The molecular weight excluding hydrogens is 266 g/mol. The van der Waals surface area contributed by atoms with E-state index in [0.29, 0.717) is 0 Å². The molecule has 0 saturated heterocycles. The van der Waals surface area contributed by atoms with Crippen LogP contribution in [-0.2, 0) is 6.42 Å². The maximum Gasteiger partial charge on any atom is 0.217 e. The Bertz CT molecular complexity index is 537. The number of benzene rings is 1. The second-order valence-electron chi connectivity index (χ2n) is 3.74. The van der Waals surface area contributed by atoms with Crippen LogP contribution in [0.5, 0.6) is 5.88 Å². The molecule has 0 amide bonds. The van der Waals surface area contributed by atoms with Gasteiger partial charge in [0.25, 0.3) is 0 Å². The lowest BCUT2D eigenvalue weighted by Gasteiger charge is -2.12. The normalized spacial score (nSPS) is 10.8. The lowest BCUT2D eigenvalue weighted by molar-refractivity contribution is 0.394. The Morgan fingerprint density at radius 2 is 2.12 bits per heavy atom. The van der Waals surface area contributed by atoms with Crippen molar-refractivity contribution < 1.29 is 4.74 Å². The highest BCUT2D eigenvalue weighted by Crippen LogP contribution is 2.29. The van der Waals surface area contributed by atoms with Gasteiger partial charge in [-0.1, -0.05) is 28.9 Å². The van der Waals surface area contributed by atoms with Gasteiger partial charge in [0.15, 0.2) is 0 Å². The average Bonchev–Trinajstić information content (AvgIpc) is 2.28. The fourth-order valence-corrected chi connectivity index (χ4v) is 2.35. The number of halogens is 1. The molecule has 0 saturated carbocycles. The molecule has 3 heteroatoms. The predicted octanol–water partition coefficient (Wildman–Crippen LogP) is 3.88. The van der Waals surface area contributed by atoms with E-state index < -0.39 is 0 Å². The molecule has 0 aliphatic rings. The number of nitrogens with zero attached hydrogens (tertiary/aromatic N) is 1. The Hall–Kier alpha value is -1.09. The van der Waals surface area contributed by atoms with Crippen molar-refractivity contribution in [2.45, 2.75) is 20.3 Å². The van der Waals surface area contributed by atoms with Gasteiger partial charge in [-0.15, -0.1) is 0 Å². The lowest BCUT2D eigenvalue weighted by atomic mass is 10.0. The van der Waals surface area contributed by atoms with Crippen molar-refractivity contribution in [2.24, 2.45) is 0 Å². The number of hydrogen-bond acceptors (Lipinski definition) is 2. The van der Waals surface area contributed by atoms with Crippen LogP contribution in [0.1, 0.15) is 18.1 Å². The molecule has 0 spiro atoms. The molecule has 1 aromatic heterocycles. The van der Waals surface area contributed by atoms with Gasteiger partial charge in [-0.2, -0.15) is 0 Å². The number of pyridine rings is 1. The molecule has 0 atom stereocenters. The summed E-state index contributed by atoms with van der Waals surface area (Å²) in [5, 5.41) is 1.20. The molecule has 0 aliphatic carbocycles. The first-order valence-electron chi connectivity index (χ1n) is 5.30. The Balaban J connectivity index is 2.82. The summed E-state index contributed by atoms with van der Waals surface area (Å²) in [6, 6.07) is 6.16. The van der Waals surface area contributed by atoms with E-state index in [0.717, 1.165) is 22.3 Å². The van der Waals surface area contributed by atoms with Gasteiger partial charge in [-0.05, 0) is 31.0 Å². The molecule has 16 heavy (non-hydrogen) atoms. The van der Waals surface area contributed by atoms with Crippen LogP contribution in [0.25, 0.3) is 10.9 Å². The molecule has 0 unspecified atom stereocenters. The van der Waals surface area contributed by atoms with Crippen molar-refractivity contribution in [2.75, 3.05) is 7.11 Å². The predicted molar refractivity (Wildman–Crippen MR) is 70.1 cm³/mol. The summed E-state index contributed by atoms with van der Waals surface area (Å²) in [6.45, 7) is 4.25. The summed E-state index contributed by atoms with van der Waals surface area (Å²) < 4.78 is 6.38. The second-order valence-corrected chi connectivity index (χ2v) is 4.66. The first-order chi connectivity index (χ1) is 7.67. The molecule has 0 fully saturated rings. The number of methoxy groups -OCH3 is 1. The van der Waals surface area contributed by atoms with Crippen molar-refractivity contribution >= 4 is 26.8 Å². The van der Waals surface area contributed by atoms with Crippen LogP contribution < -0.4 is 4.74 Å². The van der Waals surface area contributed by atoms with Crippen LogP contribution >= 0.6 is 15.9 Å². The number of aromatic nitrogens is 1. The highest BCUT2D eigenvalue weighted by atomic mass is 79.9. The van der Waals surface area contributed by atoms with E-state index in [-0.39, 0.29) is 0 Å². The van der Waals surface area contributed by atoms with Gasteiger partial charge in [0.2, 0.25) is 5.88 Å². The average molecular weight is 280 g/mol. The van der Waals surface area contributed by atoms with Gasteiger partial charge in [0.1, 0.15) is 0 Å². The zero-order valence-electron chi connectivity index (χ0n) is 9.67. The van der Waals surface area contributed by atoms with E-state index in [4.69, 9.17) is 4.74 Å². The second kappa shape index (κ2) is 4.42. The SMILES string of the molecule is CCc1c(OC)nc2cc(Br)ccc2c1C. The van der Waals surface area contributed by atoms with Crippen molar-refractivity contribution in [1.82, 2.24) is 4.98 Å². The molecule has 0 aliphatic heterocycles. The monoisotopic (exact) mass is 279 g/mol. The van der Waals surface area contributed by atoms with Crippen LogP contribution in [-0.4, -0.2) is 12.1 Å². The standard InChI is InChI=1S/C13H14BrNO/c1-4-10-8(2)11-6-5-9(14)7-12(11)15-13(10)16-3/h5-7H,4H2,1-3H3. The molecule has 2 nitrogen and oxygen atoms in total. The van der Waals surface area contributed by atoms with Crippen molar-refractivity contribution in [3.8, 4) is 5.88 Å². The number of rotatable bonds is 2. The Morgan fingerprint density at radius 1 is 1.38 bits per heavy atom. The minimum Gasteiger partial charge on any atom is -0.481 e. The third-order valence-electron chi connectivity index (χ3n) is 2.84. The van der Waals surface area contributed by atoms with Gasteiger partial charge < -0.3 is 4.74 Å². The van der Waals surface area contributed by atoms with Crippen molar-refractivity contribution in [1.29, 1.82) is 0 Å². The molecule has 0 N–H and O–H groups in total. The molecule has 2 rings (SSSR count). The molecule has 84 valence electrons. The molecular formula is C13H14BrNO. The summed E-state index contributed by atoms with van der Waals surface area (Å²) in [4.78, 5) is 4.53. The van der Waals surface area contributed by atoms with Crippen molar-refractivity contribution in [3.05, 3.63) is 33.8 Å². The molecule has 2 aromatic rings. The van der Waals surface area contributed by atoms with Gasteiger partial charge in [0.05, 0.1) is 12.6 Å². The first-order valence-corrected chi connectivity index (χ1v) is 6.09. The van der Waals surface area contributed by atoms with Gasteiger partial charge in [0, 0.05) is 15.4 Å². The minimum atomic E-state index is 0.741. The number of aryl methyl sites for hydroxylation is 1. The van der Waals surface area contributed by atoms with Gasteiger partial charge >= 0.3 is 0 Å². The third kappa shape index (κ3) is 1.80. The molecule has 1 heterocycles. The van der Waals surface area contributed by atoms with Crippen LogP contribution in [0, 0.1) is 6.92 Å². The van der Waals surface area contributed by atoms with E-state index in [9.17, 15) is 0 Å². The van der Waals surface area contributed by atoms with E-state index in [1.807, 2.05) is 12.1 Å². The molecule has 0 radical (unpaired) electrons. The quantitative estimate of drug-likeness (QED) is 0.833. The van der Waals surface area contributed by atoms with E-state index in [2.05, 4.69) is 40.8 Å². The largest absolute Gasteiger partial charge is 0.481 e. The van der Waals surface area contributed by atoms with Crippen LogP contribution in [0.15, 0.2) is 22.7 Å². The smallest absolute Gasteiger partial charge is 0.217 e. The van der Waals surface area contributed by atoms with E-state index in [1.54, 1.807) is 7.11 Å². The minimum absolute atomic E-state index is 0.741. The van der Waals surface area contributed by atoms with Crippen LogP contribution in [0.2, 0.25) is 0 Å². The summed E-state index contributed by atoms with van der Waals surface area (Å²) >= 11 is 3.46. The van der Waals surface area contributed by atoms with Gasteiger partial charge in [-0.3, -0.25) is 0 Å². The zero-order chi connectivity index (χ0) is 11.7. The van der Waals surface area contributed by atoms with E-state index in [1.165, 1.54) is 16.5 Å². The number of hydrogen-bond donors (Lipinski definition) is 0. The number of ether oxygens (including phenoxy) is 1. The molecule has 0 bridgehead atoms. The Labute approximate surface area is 104 Å². The Morgan fingerprint density at radius 3 is 2.75 bits per heavy atom. The fraction of sp³-hybridized carbons (Fsp3) is 0.308. The number of fused-ring (bicyclic) bond motifs is 1. The Kier molecular flexibility index (Phi) is 3.15. The van der Waals surface area contributed by atoms with Crippen LogP contribution in [0.3, 0.4) is 0 Å². The topological polar surface area (TPSA) is 22.1 Å². The lowest BCUT2D eigenvalue weighted by Crippen LogP contribution is -1.98. The summed E-state index contributed by atoms with van der Waals surface area (Å²) in [7, 11) is 1.67. The maximum atomic E-state index is 5.34. The highest BCUT2D eigenvalue weighted by Gasteiger charge is 2.10. The zero-order valence-corrected chi connectivity index (χ0v) is 11.3. The maximum absolute atomic E-state index is 5.34. The molecule has 1 aromatic carbocycles. The van der Waals surface area contributed by atoms with Crippen LogP contribution in [0.4, 0.5) is 0 Å². The summed E-state index contributed by atoms with van der Waals surface area (Å²) in [5.74, 6) is 0.741. The third-order valence-corrected chi connectivity index (χ3v) is 3.34. The van der Waals surface area contributed by atoms with E-state index >= 15 is 0 Å².